The molecule has 0 spiro atoms. The summed E-state index contributed by atoms with van der Waals surface area (Å²) >= 11 is 5.98. The predicted molar refractivity (Wildman–Crippen MR) is 75.0 cm³/mol. The summed E-state index contributed by atoms with van der Waals surface area (Å²) in [6.45, 7) is 2.44. The number of rotatable bonds is 3. The maximum absolute atomic E-state index is 12.4. The van der Waals surface area contributed by atoms with E-state index in [0.717, 1.165) is 13.1 Å². The van der Waals surface area contributed by atoms with E-state index in [1.807, 2.05) is 7.05 Å². The molecule has 0 bridgehead atoms. The van der Waals surface area contributed by atoms with E-state index in [4.69, 9.17) is 11.6 Å². The number of aromatic nitrogens is 1. The van der Waals surface area contributed by atoms with Crippen molar-refractivity contribution in [2.45, 2.75) is 4.90 Å². The minimum Gasteiger partial charge on any atom is -0.372 e. The molecule has 2 heterocycles. The molecule has 8 heteroatoms. The first kappa shape index (κ1) is 14.5. The zero-order chi connectivity index (χ0) is 14.0. The Morgan fingerprint density at radius 3 is 2.47 bits per heavy atom. The van der Waals surface area contributed by atoms with Gasteiger partial charge in [-0.15, -0.1) is 0 Å². The maximum atomic E-state index is 12.4. The average Bonchev–Trinajstić information content (AvgIpc) is 2.39. The number of hydrogen-bond donors (Lipinski definition) is 1. The SMILES string of the molecule is CNc1ncc(S(=O)(=O)N2CCN(C)CC2)cc1Cl. The lowest BCUT2D eigenvalue weighted by Gasteiger charge is -2.31. The molecule has 2 rings (SSSR count). The fourth-order valence-electron chi connectivity index (χ4n) is 1.92. The second-order valence-corrected chi connectivity index (χ2v) is 6.80. The van der Waals surface area contributed by atoms with Crippen molar-refractivity contribution in [3.05, 3.63) is 17.3 Å². The molecule has 1 N–H and O–H groups in total. The first-order valence-corrected chi connectivity index (χ1v) is 7.79. The van der Waals surface area contributed by atoms with Gasteiger partial charge in [0.1, 0.15) is 10.7 Å². The summed E-state index contributed by atoms with van der Waals surface area (Å²) in [5.74, 6) is 0.471. The van der Waals surface area contributed by atoms with Crippen molar-refractivity contribution in [3.8, 4) is 0 Å². The normalized spacial score (nSPS) is 18.5. The summed E-state index contributed by atoms with van der Waals surface area (Å²) in [6.07, 6.45) is 1.34. The van der Waals surface area contributed by atoms with Gasteiger partial charge in [-0.2, -0.15) is 4.31 Å². The molecule has 0 aliphatic carbocycles. The summed E-state index contributed by atoms with van der Waals surface area (Å²) in [6, 6.07) is 1.44. The van der Waals surface area contributed by atoms with Crippen molar-refractivity contribution < 1.29 is 8.42 Å². The van der Waals surface area contributed by atoms with Crippen molar-refractivity contribution in [1.29, 1.82) is 0 Å². The molecule has 0 aromatic carbocycles. The van der Waals surface area contributed by atoms with E-state index < -0.39 is 10.0 Å². The molecule has 1 fully saturated rings. The number of nitrogens with one attached hydrogen (secondary N) is 1. The van der Waals surface area contributed by atoms with Crippen LogP contribution < -0.4 is 5.32 Å². The van der Waals surface area contributed by atoms with Crippen LogP contribution in [-0.4, -0.2) is 62.9 Å². The molecule has 1 aliphatic rings. The number of halogens is 1. The van der Waals surface area contributed by atoms with Crippen LogP contribution in [0.25, 0.3) is 0 Å². The molecule has 1 aliphatic heterocycles. The number of hydrogen-bond acceptors (Lipinski definition) is 5. The number of piperazine rings is 1. The molecule has 0 saturated carbocycles. The van der Waals surface area contributed by atoms with Gasteiger partial charge in [0.05, 0.1) is 5.02 Å². The standard InChI is InChI=1S/C11H17ClN4O2S/c1-13-11-10(12)7-9(8-14-11)19(17,18)16-5-3-15(2)4-6-16/h7-8H,3-6H2,1-2H3,(H,13,14). The molecule has 0 radical (unpaired) electrons. The Morgan fingerprint density at radius 2 is 1.95 bits per heavy atom. The van der Waals surface area contributed by atoms with E-state index in [1.54, 1.807) is 7.05 Å². The zero-order valence-corrected chi connectivity index (χ0v) is 12.5. The van der Waals surface area contributed by atoms with E-state index in [0.29, 0.717) is 23.9 Å². The van der Waals surface area contributed by atoms with Crippen LogP contribution in [0.5, 0.6) is 0 Å². The summed E-state index contributed by atoms with van der Waals surface area (Å²) < 4.78 is 26.3. The fraction of sp³-hybridized carbons (Fsp3) is 0.545. The van der Waals surface area contributed by atoms with Gasteiger partial charge in [-0.1, -0.05) is 11.6 Å². The zero-order valence-electron chi connectivity index (χ0n) is 10.9. The van der Waals surface area contributed by atoms with Crippen LogP contribution in [0, 0.1) is 0 Å². The van der Waals surface area contributed by atoms with Gasteiger partial charge in [-0.05, 0) is 13.1 Å². The van der Waals surface area contributed by atoms with E-state index in [2.05, 4.69) is 15.2 Å². The first-order valence-electron chi connectivity index (χ1n) is 5.97. The van der Waals surface area contributed by atoms with Crippen LogP contribution in [0.1, 0.15) is 0 Å². The molecular weight excluding hydrogens is 288 g/mol. The minimum absolute atomic E-state index is 0.140. The Balaban J connectivity index is 2.27. The Kier molecular flexibility index (Phi) is 4.29. The van der Waals surface area contributed by atoms with Crippen molar-refractivity contribution in [2.24, 2.45) is 0 Å². The lowest BCUT2D eigenvalue weighted by atomic mass is 10.4. The molecule has 6 nitrogen and oxygen atoms in total. The third-order valence-electron chi connectivity index (χ3n) is 3.15. The second kappa shape index (κ2) is 5.62. The number of sulfonamides is 1. The monoisotopic (exact) mass is 304 g/mol. The Morgan fingerprint density at radius 1 is 1.32 bits per heavy atom. The third-order valence-corrected chi connectivity index (χ3v) is 5.30. The topological polar surface area (TPSA) is 65.5 Å². The smallest absolute Gasteiger partial charge is 0.244 e. The summed E-state index contributed by atoms with van der Waals surface area (Å²) in [4.78, 5) is 6.25. The molecule has 1 saturated heterocycles. The van der Waals surface area contributed by atoms with Gasteiger partial charge < -0.3 is 10.2 Å². The highest BCUT2D eigenvalue weighted by molar-refractivity contribution is 7.89. The van der Waals surface area contributed by atoms with Crippen LogP contribution in [0.4, 0.5) is 5.82 Å². The third kappa shape index (κ3) is 3.00. The lowest BCUT2D eigenvalue weighted by Crippen LogP contribution is -2.47. The van der Waals surface area contributed by atoms with Gasteiger partial charge in [0.2, 0.25) is 10.0 Å². The van der Waals surface area contributed by atoms with Gasteiger partial charge in [-0.25, -0.2) is 13.4 Å². The van der Waals surface area contributed by atoms with Gasteiger partial charge in [0.15, 0.2) is 0 Å². The van der Waals surface area contributed by atoms with Gasteiger partial charge in [0.25, 0.3) is 0 Å². The maximum Gasteiger partial charge on any atom is 0.244 e. The predicted octanol–water partition coefficient (Wildman–Crippen LogP) is 0.713. The fourth-order valence-corrected chi connectivity index (χ4v) is 3.64. The molecule has 19 heavy (non-hydrogen) atoms. The van der Waals surface area contributed by atoms with Crippen molar-refractivity contribution >= 4 is 27.4 Å². The van der Waals surface area contributed by atoms with Crippen LogP contribution in [0.2, 0.25) is 5.02 Å². The molecule has 1 aromatic heterocycles. The second-order valence-electron chi connectivity index (χ2n) is 4.46. The number of anilines is 1. The number of nitrogens with zero attached hydrogens (tertiary/aromatic N) is 3. The quantitative estimate of drug-likeness (QED) is 0.891. The van der Waals surface area contributed by atoms with Gasteiger partial charge >= 0.3 is 0 Å². The Hall–Kier alpha value is -0.890. The van der Waals surface area contributed by atoms with Crippen molar-refractivity contribution in [2.75, 3.05) is 45.6 Å². The molecular formula is C11H17ClN4O2S. The van der Waals surface area contributed by atoms with E-state index in [1.165, 1.54) is 16.6 Å². The number of pyridine rings is 1. The summed E-state index contributed by atoms with van der Waals surface area (Å²) in [5, 5.41) is 3.10. The van der Waals surface area contributed by atoms with E-state index in [-0.39, 0.29) is 4.90 Å². The highest BCUT2D eigenvalue weighted by Crippen LogP contribution is 2.24. The van der Waals surface area contributed by atoms with E-state index >= 15 is 0 Å². The molecule has 0 unspecified atom stereocenters. The molecule has 0 atom stereocenters. The Labute approximate surface area is 118 Å². The highest BCUT2D eigenvalue weighted by Gasteiger charge is 2.28. The van der Waals surface area contributed by atoms with Gasteiger partial charge in [-0.3, -0.25) is 0 Å². The highest BCUT2D eigenvalue weighted by atomic mass is 35.5. The van der Waals surface area contributed by atoms with Crippen LogP contribution in [0.3, 0.4) is 0 Å². The van der Waals surface area contributed by atoms with E-state index in [9.17, 15) is 8.42 Å². The lowest BCUT2D eigenvalue weighted by molar-refractivity contribution is 0.222. The van der Waals surface area contributed by atoms with Crippen LogP contribution >= 0.6 is 11.6 Å². The Bertz CT molecular complexity index is 556. The van der Waals surface area contributed by atoms with Crippen molar-refractivity contribution in [1.82, 2.24) is 14.2 Å². The number of likely N-dealkylation sites (N-methyl/N-ethyl adjacent to an activating group) is 1. The largest absolute Gasteiger partial charge is 0.372 e. The molecule has 0 amide bonds. The molecule has 1 aromatic rings. The first-order chi connectivity index (χ1) is 8.95. The minimum atomic E-state index is -3.50. The summed E-state index contributed by atoms with van der Waals surface area (Å²) in [7, 11) is 0.159. The molecule has 106 valence electrons. The van der Waals surface area contributed by atoms with Crippen molar-refractivity contribution in [3.63, 3.8) is 0 Å². The average molecular weight is 305 g/mol. The van der Waals surface area contributed by atoms with Crippen LogP contribution in [-0.2, 0) is 10.0 Å². The van der Waals surface area contributed by atoms with Crippen LogP contribution in [0.15, 0.2) is 17.2 Å². The summed E-state index contributed by atoms with van der Waals surface area (Å²) in [5.41, 5.74) is 0. The van der Waals surface area contributed by atoms with Gasteiger partial charge in [0, 0.05) is 39.4 Å².